The molecular weight excluding hydrogens is 354 g/mol. The normalized spacial score (nSPS) is 18.4. The van der Waals surface area contributed by atoms with E-state index < -0.39 is 6.04 Å². The molecule has 1 aromatic carbocycles. The Morgan fingerprint density at radius 2 is 2.00 bits per heavy atom. The Labute approximate surface area is 148 Å². The Kier molecular flexibility index (Phi) is 5.33. The van der Waals surface area contributed by atoms with Gasteiger partial charge >= 0.3 is 0 Å². The number of rotatable bonds is 4. The van der Waals surface area contributed by atoms with Gasteiger partial charge in [0.05, 0.1) is 17.7 Å². The molecule has 1 amide bonds. The van der Waals surface area contributed by atoms with Crippen molar-refractivity contribution in [1.29, 1.82) is 0 Å². The van der Waals surface area contributed by atoms with Crippen LogP contribution in [-0.2, 0) is 4.74 Å². The molecule has 3 rings (SSSR count). The molecule has 126 valence electrons. The number of nitrogens with zero attached hydrogens (tertiary/aromatic N) is 1. The van der Waals surface area contributed by atoms with Crippen molar-refractivity contribution in [3.8, 4) is 0 Å². The van der Waals surface area contributed by atoms with Crippen molar-refractivity contribution in [3.05, 3.63) is 63.6 Å². The molecule has 1 aliphatic heterocycles. The number of carbonyl (C=O) groups excluding carboxylic acids is 1. The van der Waals surface area contributed by atoms with Crippen molar-refractivity contribution < 1.29 is 13.9 Å². The number of aromatic nitrogens is 1. The standard InChI is InChI=1S/C17H15Cl2FN2O2/c18-14-8-7-12(16(19)21-14)17(23)22-15(13-2-1-9-24-13)10-3-5-11(20)6-4-10/h3-8,13,15H,1-2,9H2,(H,22,23)/t13-,15-/m0/s1. The molecule has 1 aromatic heterocycles. The summed E-state index contributed by atoms with van der Waals surface area (Å²) in [5, 5.41) is 3.16. The lowest BCUT2D eigenvalue weighted by molar-refractivity contribution is 0.0672. The van der Waals surface area contributed by atoms with E-state index in [1.807, 2.05) is 0 Å². The van der Waals surface area contributed by atoms with Gasteiger partial charge in [-0.05, 0) is 42.7 Å². The molecule has 0 bridgehead atoms. The summed E-state index contributed by atoms with van der Waals surface area (Å²) in [4.78, 5) is 16.4. The van der Waals surface area contributed by atoms with Gasteiger partial charge in [0.2, 0.25) is 0 Å². The SMILES string of the molecule is O=C(N[C@@H](c1ccc(F)cc1)[C@@H]1CCCO1)c1ccc(Cl)nc1Cl. The number of hydrogen-bond donors (Lipinski definition) is 1. The van der Waals surface area contributed by atoms with Crippen molar-refractivity contribution in [2.45, 2.75) is 25.0 Å². The Hall–Kier alpha value is -1.69. The van der Waals surface area contributed by atoms with E-state index >= 15 is 0 Å². The number of pyridine rings is 1. The summed E-state index contributed by atoms with van der Waals surface area (Å²) in [5.74, 6) is -0.713. The first kappa shape index (κ1) is 17.1. The highest BCUT2D eigenvalue weighted by Gasteiger charge is 2.29. The molecular formula is C17H15Cl2FN2O2. The third-order valence-electron chi connectivity index (χ3n) is 3.91. The topological polar surface area (TPSA) is 51.2 Å². The monoisotopic (exact) mass is 368 g/mol. The molecule has 24 heavy (non-hydrogen) atoms. The largest absolute Gasteiger partial charge is 0.376 e. The number of benzene rings is 1. The first-order chi connectivity index (χ1) is 11.5. The van der Waals surface area contributed by atoms with Crippen molar-refractivity contribution in [1.82, 2.24) is 10.3 Å². The van der Waals surface area contributed by atoms with Gasteiger partial charge in [0.25, 0.3) is 5.91 Å². The average Bonchev–Trinajstić information content (AvgIpc) is 3.07. The van der Waals surface area contributed by atoms with Crippen LogP contribution < -0.4 is 5.32 Å². The van der Waals surface area contributed by atoms with E-state index in [1.165, 1.54) is 24.3 Å². The molecule has 2 atom stereocenters. The minimum absolute atomic E-state index is 0.0326. The fourth-order valence-electron chi connectivity index (χ4n) is 2.73. The van der Waals surface area contributed by atoms with Gasteiger partial charge in [-0.15, -0.1) is 0 Å². The Morgan fingerprint density at radius 3 is 2.62 bits per heavy atom. The average molecular weight is 369 g/mol. The van der Waals surface area contributed by atoms with E-state index in [9.17, 15) is 9.18 Å². The maximum atomic E-state index is 13.2. The molecule has 2 aromatic rings. The van der Waals surface area contributed by atoms with Crippen LogP contribution in [0.4, 0.5) is 4.39 Å². The smallest absolute Gasteiger partial charge is 0.254 e. The van der Waals surface area contributed by atoms with Crippen LogP contribution in [0.2, 0.25) is 10.3 Å². The predicted octanol–water partition coefficient (Wildman–Crippen LogP) is 4.18. The van der Waals surface area contributed by atoms with Crippen LogP contribution in [0.5, 0.6) is 0 Å². The molecule has 0 saturated carbocycles. The molecule has 1 aliphatic rings. The van der Waals surface area contributed by atoms with Gasteiger partial charge in [0.15, 0.2) is 0 Å². The Balaban J connectivity index is 1.85. The zero-order valence-corrected chi connectivity index (χ0v) is 14.1. The zero-order chi connectivity index (χ0) is 17.1. The molecule has 1 N–H and O–H groups in total. The summed E-state index contributed by atoms with van der Waals surface area (Å²) in [6.45, 7) is 0.640. The summed E-state index contributed by atoms with van der Waals surface area (Å²) < 4.78 is 18.9. The summed E-state index contributed by atoms with van der Waals surface area (Å²) in [6.07, 6.45) is 1.56. The Bertz CT molecular complexity index is 734. The maximum Gasteiger partial charge on any atom is 0.254 e. The minimum Gasteiger partial charge on any atom is -0.376 e. The van der Waals surface area contributed by atoms with Crippen molar-refractivity contribution in [3.63, 3.8) is 0 Å². The maximum absolute atomic E-state index is 13.2. The molecule has 7 heteroatoms. The molecule has 0 unspecified atom stereocenters. The van der Waals surface area contributed by atoms with Gasteiger partial charge in [-0.3, -0.25) is 4.79 Å². The number of hydrogen-bond acceptors (Lipinski definition) is 3. The molecule has 1 saturated heterocycles. The number of nitrogens with one attached hydrogen (secondary N) is 1. The Morgan fingerprint density at radius 1 is 1.25 bits per heavy atom. The van der Waals surface area contributed by atoms with Crippen molar-refractivity contribution >= 4 is 29.1 Å². The van der Waals surface area contributed by atoms with E-state index in [4.69, 9.17) is 27.9 Å². The quantitative estimate of drug-likeness (QED) is 0.823. The zero-order valence-electron chi connectivity index (χ0n) is 12.6. The van der Waals surface area contributed by atoms with Gasteiger partial charge in [-0.1, -0.05) is 35.3 Å². The van der Waals surface area contributed by atoms with Crippen LogP contribution >= 0.6 is 23.2 Å². The third-order valence-corrected chi connectivity index (χ3v) is 4.41. The lowest BCUT2D eigenvalue weighted by Gasteiger charge is -2.25. The van der Waals surface area contributed by atoms with Gasteiger partial charge in [-0.2, -0.15) is 0 Å². The number of halogens is 3. The number of carbonyl (C=O) groups is 1. The van der Waals surface area contributed by atoms with E-state index in [-0.39, 0.29) is 33.7 Å². The highest BCUT2D eigenvalue weighted by Crippen LogP contribution is 2.28. The van der Waals surface area contributed by atoms with E-state index in [1.54, 1.807) is 12.1 Å². The van der Waals surface area contributed by atoms with Gasteiger partial charge < -0.3 is 10.1 Å². The summed E-state index contributed by atoms with van der Waals surface area (Å²) in [7, 11) is 0. The van der Waals surface area contributed by atoms with Crippen LogP contribution in [-0.4, -0.2) is 23.6 Å². The highest BCUT2D eigenvalue weighted by molar-refractivity contribution is 6.34. The number of ether oxygens (including phenoxy) is 1. The van der Waals surface area contributed by atoms with E-state index in [0.29, 0.717) is 6.61 Å². The first-order valence-corrected chi connectivity index (χ1v) is 8.30. The fraction of sp³-hybridized carbons (Fsp3) is 0.294. The van der Waals surface area contributed by atoms with Crippen molar-refractivity contribution in [2.24, 2.45) is 0 Å². The third kappa shape index (κ3) is 3.86. The molecule has 1 fully saturated rings. The van der Waals surface area contributed by atoms with Crippen LogP contribution in [0, 0.1) is 5.82 Å². The second-order valence-corrected chi connectivity index (χ2v) is 6.27. The van der Waals surface area contributed by atoms with Crippen LogP contribution in [0.1, 0.15) is 34.8 Å². The van der Waals surface area contributed by atoms with Crippen LogP contribution in [0.25, 0.3) is 0 Å². The molecule has 2 heterocycles. The number of amides is 1. The van der Waals surface area contributed by atoms with Crippen LogP contribution in [0.15, 0.2) is 36.4 Å². The highest BCUT2D eigenvalue weighted by atomic mass is 35.5. The second-order valence-electron chi connectivity index (χ2n) is 5.53. The lowest BCUT2D eigenvalue weighted by Crippen LogP contribution is -2.36. The predicted molar refractivity (Wildman–Crippen MR) is 89.8 cm³/mol. The fourth-order valence-corrected chi connectivity index (χ4v) is 3.16. The van der Waals surface area contributed by atoms with E-state index in [2.05, 4.69) is 10.3 Å². The molecule has 0 aliphatic carbocycles. The van der Waals surface area contributed by atoms with Gasteiger partial charge in [0, 0.05) is 6.61 Å². The van der Waals surface area contributed by atoms with E-state index in [0.717, 1.165) is 18.4 Å². The summed E-state index contributed by atoms with van der Waals surface area (Å²) in [5.41, 5.74) is 1.00. The minimum atomic E-state index is -0.396. The lowest BCUT2D eigenvalue weighted by atomic mass is 9.99. The first-order valence-electron chi connectivity index (χ1n) is 7.54. The molecule has 4 nitrogen and oxygen atoms in total. The van der Waals surface area contributed by atoms with Crippen molar-refractivity contribution in [2.75, 3.05) is 6.61 Å². The summed E-state index contributed by atoms with van der Waals surface area (Å²) in [6, 6.07) is 8.63. The van der Waals surface area contributed by atoms with Crippen LogP contribution in [0.3, 0.4) is 0 Å². The van der Waals surface area contributed by atoms with Gasteiger partial charge in [0.1, 0.15) is 16.1 Å². The second kappa shape index (κ2) is 7.47. The molecule has 0 radical (unpaired) electrons. The molecule has 0 spiro atoms. The van der Waals surface area contributed by atoms with Gasteiger partial charge in [-0.25, -0.2) is 9.37 Å². The summed E-state index contributed by atoms with van der Waals surface area (Å²) >= 11 is 11.8.